The number of aliphatic hydroxyl groups is 2. The van der Waals surface area contributed by atoms with Crippen molar-refractivity contribution in [2.45, 2.75) is 62.3 Å². The van der Waals surface area contributed by atoms with E-state index in [2.05, 4.69) is 20.3 Å². The number of esters is 2. The van der Waals surface area contributed by atoms with E-state index in [1.807, 2.05) is 0 Å². The van der Waals surface area contributed by atoms with Gasteiger partial charge in [0, 0.05) is 24.2 Å². The maximum atomic E-state index is 11.5. The highest BCUT2D eigenvalue weighted by Crippen LogP contribution is 2.54. The summed E-state index contributed by atoms with van der Waals surface area (Å²) in [5, 5.41) is 24.5. The molecule has 26 heavy (non-hydrogen) atoms. The highest BCUT2D eigenvalue weighted by Gasteiger charge is 2.66. The van der Waals surface area contributed by atoms with Crippen molar-refractivity contribution in [3.8, 4) is 0 Å². The zero-order valence-corrected chi connectivity index (χ0v) is 14.9. The second-order valence-corrected chi connectivity index (χ2v) is 7.57. The predicted molar refractivity (Wildman–Crippen MR) is 86.6 cm³/mol. The number of rotatable bonds is 6. The first-order valence-corrected chi connectivity index (χ1v) is 9.03. The van der Waals surface area contributed by atoms with E-state index >= 15 is 0 Å². The number of nitrogens with zero attached hydrogens (tertiary/aromatic N) is 2. The van der Waals surface area contributed by atoms with E-state index in [1.54, 1.807) is 10.0 Å². The number of ether oxygens (including phenoxy) is 2. The molecule has 2 saturated heterocycles. The third-order valence-corrected chi connectivity index (χ3v) is 6.39. The molecule has 4 aliphatic rings. The standard InChI is InChI=1S/C16H26N4O6/c1-25-13(23)5-11(21)19-9-4-10-16-8(3-7(17-19)15(9)16)18-20(10)12(22)6-14(24)26-2/h7-12,15-18,21-22H,3-6H2,1-2H3/t7-,8+,9+,10-,11?,12?,15+,16-. The van der Waals surface area contributed by atoms with Crippen molar-refractivity contribution in [3.63, 3.8) is 0 Å². The van der Waals surface area contributed by atoms with Gasteiger partial charge in [-0.2, -0.15) is 0 Å². The summed E-state index contributed by atoms with van der Waals surface area (Å²) in [6, 6.07) is 0.628. The number of hydrazine groups is 2. The Hall–Kier alpha value is -1.30. The van der Waals surface area contributed by atoms with Gasteiger partial charge in [0.15, 0.2) is 0 Å². The fourth-order valence-corrected chi connectivity index (χ4v) is 5.46. The van der Waals surface area contributed by atoms with Crippen LogP contribution in [0, 0.1) is 11.8 Å². The van der Waals surface area contributed by atoms with E-state index in [9.17, 15) is 19.8 Å². The number of carbonyl (C=O) groups excluding carboxylic acids is 2. The minimum Gasteiger partial charge on any atom is -0.469 e. The van der Waals surface area contributed by atoms with Crippen molar-refractivity contribution >= 4 is 11.9 Å². The summed E-state index contributed by atoms with van der Waals surface area (Å²) in [6.07, 6.45) is -0.478. The van der Waals surface area contributed by atoms with E-state index < -0.39 is 24.4 Å². The van der Waals surface area contributed by atoms with Crippen molar-refractivity contribution in [3.05, 3.63) is 0 Å². The molecule has 10 heteroatoms. The van der Waals surface area contributed by atoms with Gasteiger partial charge in [-0.15, -0.1) is 0 Å². The first-order chi connectivity index (χ1) is 12.4. The average Bonchev–Trinajstić information content (AvgIpc) is 3.32. The molecule has 2 heterocycles. The lowest BCUT2D eigenvalue weighted by molar-refractivity contribution is -0.148. The second kappa shape index (κ2) is 6.70. The number of nitrogens with one attached hydrogen (secondary N) is 2. The van der Waals surface area contributed by atoms with Crippen molar-refractivity contribution in [2.75, 3.05) is 14.2 Å². The average molecular weight is 370 g/mol. The Morgan fingerprint density at radius 1 is 0.923 bits per heavy atom. The van der Waals surface area contributed by atoms with Crippen LogP contribution in [0.5, 0.6) is 0 Å². The molecule has 0 aromatic rings. The van der Waals surface area contributed by atoms with Gasteiger partial charge in [0.1, 0.15) is 12.5 Å². The van der Waals surface area contributed by atoms with E-state index in [-0.39, 0.29) is 37.0 Å². The third kappa shape index (κ3) is 2.72. The van der Waals surface area contributed by atoms with E-state index in [1.165, 1.54) is 14.2 Å². The molecule has 2 saturated carbocycles. The molecule has 0 aromatic carbocycles. The first kappa shape index (κ1) is 18.1. The third-order valence-electron chi connectivity index (χ3n) is 6.39. The zero-order chi connectivity index (χ0) is 18.6. The fraction of sp³-hybridized carbons (Fsp3) is 0.875. The highest BCUT2D eigenvalue weighted by molar-refractivity contribution is 5.70. The van der Waals surface area contributed by atoms with Crippen LogP contribution in [0.1, 0.15) is 25.7 Å². The number of aliphatic hydroxyl groups excluding tert-OH is 2. The van der Waals surface area contributed by atoms with Crippen LogP contribution in [0.25, 0.3) is 0 Å². The van der Waals surface area contributed by atoms with E-state index in [4.69, 9.17) is 0 Å². The summed E-state index contributed by atoms with van der Waals surface area (Å²) < 4.78 is 9.30. The molecule has 0 radical (unpaired) electrons. The maximum absolute atomic E-state index is 11.5. The van der Waals surface area contributed by atoms with Gasteiger partial charge in [-0.1, -0.05) is 0 Å². The Bertz CT molecular complexity index is 543. The zero-order valence-electron chi connectivity index (χ0n) is 14.9. The molecule has 4 fully saturated rings. The Labute approximate surface area is 151 Å². The molecule has 10 nitrogen and oxygen atoms in total. The normalized spacial score (nSPS) is 40.5. The van der Waals surface area contributed by atoms with Gasteiger partial charge in [0.05, 0.1) is 27.1 Å². The maximum Gasteiger partial charge on any atom is 0.309 e. The molecule has 4 N–H and O–H groups in total. The van der Waals surface area contributed by atoms with Gasteiger partial charge in [0.25, 0.3) is 0 Å². The van der Waals surface area contributed by atoms with Crippen LogP contribution in [-0.2, 0) is 19.1 Å². The minimum absolute atomic E-state index is 0.0783. The molecule has 2 unspecified atom stereocenters. The SMILES string of the molecule is COC(=O)CC(O)N1N[C@H]2C[C@H]3NN(C(O)CC(=O)OC)[C@H]4C[C@@H]1[C@@H]2[C@@H]34. The van der Waals surface area contributed by atoms with Crippen molar-refractivity contribution in [1.82, 2.24) is 20.9 Å². The second-order valence-electron chi connectivity index (χ2n) is 7.57. The summed E-state index contributed by atoms with van der Waals surface area (Å²) in [5.74, 6) is -0.242. The van der Waals surface area contributed by atoms with Crippen LogP contribution in [0.4, 0.5) is 0 Å². The van der Waals surface area contributed by atoms with Crippen LogP contribution in [-0.4, -0.2) is 83.0 Å². The Morgan fingerprint density at radius 3 is 1.73 bits per heavy atom. The van der Waals surface area contributed by atoms with Crippen LogP contribution in [0.3, 0.4) is 0 Å². The van der Waals surface area contributed by atoms with Crippen LogP contribution < -0.4 is 10.9 Å². The quantitative estimate of drug-likeness (QED) is 0.387. The number of carbonyl (C=O) groups is 2. The summed E-state index contributed by atoms with van der Waals surface area (Å²) in [4.78, 5) is 23.0. The van der Waals surface area contributed by atoms with Crippen LogP contribution in [0.2, 0.25) is 0 Å². The van der Waals surface area contributed by atoms with Gasteiger partial charge in [-0.05, 0) is 24.7 Å². The molecule has 2 aliphatic carbocycles. The molecular formula is C16H26N4O6. The molecule has 0 amide bonds. The van der Waals surface area contributed by atoms with E-state index in [0.29, 0.717) is 11.8 Å². The monoisotopic (exact) mass is 370 g/mol. The Kier molecular flexibility index (Phi) is 4.66. The molecule has 0 spiro atoms. The number of hydrogen-bond donors (Lipinski definition) is 4. The summed E-state index contributed by atoms with van der Waals surface area (Å²) in [6.45, 7) is 0. The fourth-order valence-electron chi connectivity index (χ4n) is 5.46. The lowest BCUT2D eigenvalue weighted by atomic mass is 9.94. The molecule has 2 aliphatic heterocycles. The molecule has 146 valence electrons. The van der Waals surface area contributed by atoms with Crippen LogP contribution >= 0.6 is 0 Å². The molecular weight excluding hydrogens is 344 g/mol. The topological polar surface area (TPSA) is 124 Å². The summed E-state index contributed by atoms with van der Waals surface area (Å²) in [7, 11) is 2.61. The number of methoxy groups -OCH3 is 2. The summed E-state index contributed by atoms with van der Waals surface area (Å²) >= 11 is 0. The molecule has 0 bridgehead atoms. The van der Waals surface area contributed by atoms with Gasteiger partial charge in [-0.25, -0.2) is 20.9 Å². The Morgan fingerprint density at radius 2 is 1.35 bits per heavy atom. The smallest absolute Gasteiger partial charge is 0.309 e. The van der Waals surface area contributed by atoms with E-state index in [0.717, 1.165) is 12.8 Å². The molecule has 0 aromatic heterocycles. The lowest BCUT2D eigenvalue weighted by Gasteiger charge is -2.33. The minimum atomic E-state index is -0.947. The van der Waals surface area contributed by atoms with Crippen molar-refractivity contribution in [2.24, 2.45) is 11.8 Å². The van der Waals surface area contributed by atoms with Gasteiger partial charge >= 0.3 is 11.9 Å². The summed E-state index contributed by atoms with van der Waals surface area (Å²) in [5.41, 5.74) is 6.73. The Balaban J connectivity index is 1.47. The molecule has 4 rings (SSSR count). The van der Waals surface area contributed by atoms with Crippen molar-refractivity contribution in [1.29, 1.82) is 0 Å². The largest absolute Gasteiger partial charge is 0.469 e. The number of hydrogen-bond acceptors (Lipinski definition) is 10. The van der Waals surface area contributed by atoms with Gasteiger partial charge in [-0.3, -0.25) is 9.59 Å². The predicted octanol–water partition coefficient (Wildman–Crippen LogP) is -2.10. The van der Waals surface area contributed by atoms with Crippen LogP contribution in [0.15, 0.2) is 0 Å². The lowest BCUT2D eigenvalue weighted by Crippen LogP contribution is -2.53. The van der Waals surface area contributed by atoms with Gasteiger partial charge in [0.2, 0.25) is 0 Å². The molecule has 8 atom stereocenters. The first-order valence-electron chi connectivity index (χ1n) is 9.03. The van der Waals surface area contributed by atoms with Crippen molar-refractivity contribution < 1.29 is 29.3 Å². The van der Waals surface area contributed by atoms with Gasteiger partial charge < -0.3 is 19.7 Å². The highest BCUT2D eigenvalue weighted by atomic mass is 16.5.